The van der Waals surface area contributed by atoms with Crippen LogP contribution in [0.15, 0.2) is 18.5 Å². The SMILES string of the molecule is Cc1cn2cc(C(C)(C)C)cc(F)c2n1. The first kappa shape index (κ1) is 10.1. The maximum atomic E-state index is 13.7. The Hall–Kier alpha value is -1.38. The molecule has 3 heteroatoms. The summed E-state index contributed by atoms with van der Waals surface area (Å²) >= 11 is 0. The van der Waals surface area contributed by atoms with Crippen molar-refractivity contribution < 1.29 is 4.39 Å². The van der Waals surface area contributed by atoms with Crippen LogP contribution >= 0.6 is 0 Å². The van der Waals surface area contributed by atoms with Crippen LogP contribution in [0.5, 0.6) is 0 Å². The summed E-state index contributed by atoms with van der Waals surface area (Å²) in [6.45, 7) is 8.06. The van der Waals surface area contributed by atoms with Crippen LogP contribution in [-0.4, -0.2) is 9.38 Å². The average Bonchev–Trinajstić information content (AvgIpc) is 2.44. The molecule has 2 aromatic rings. The van der Waals surface area contributed by atoms with Crippen molar-refractivity contribution in [3.63, 3.8) is 0 Å². The highest BCUT2D eigenvalue weighted by Gasteiger charge is 2.17. The molecule has 0 radical (unpaired) electrons. The van der Waals surface area contributed by atoms with E-state index in [4.69, 9.17) is 0 Å². The normalized spacial score (nSPS) is 12.3. The second kappa shape index (κ2) is 3.05. The van der Waals surface area contributed by atoms with Gasteiger partial charge in [0.05, 0.1) is 5.69 Å². The van der Waals surface area contributed by atoms with Gasteiger partial charge in [-0.25, -0.2) is 9.37 Å². The molecule has 2 heterocycles. The summed E-state index contributed by atoms with van der Waals surface area (Å²) in [4.78, 5) is 4.12. The molecule has 0 N–H and O–H groups in total. The van der Waals surface area contributed by atoms with Crippen LogP contribution in [0.3, 0.4) is 0 Å². The molecule has 0 aliphatic carbocycles. The van der Waals surface area contributed by atoms with E-state index in [0.717, 1.165) is 11.3 Å². The van der Waals surface area contributed by atoms with Gasteiger partial charge < -0.3 is 4.40 Å². The number of nitrogens with zero attached hydrogens (tertiary/aromatic N) is 2. The first-order valence-corrected chi connectivity index (χ1v) is 5.03. The largest absolute Gasteiger partial charge is 0.304 e. The predicted octanol–water partition coefficient (Wildman–Crippen LogP) is 3.08. The molecule has 0 aliphatic rings. The van der Waals surface area contributed by atoms with E-state index in [1.54, 1.807) is 10.5 Å². The summed E-state index contributed by atoms with van der Waals surface area (Å²) in [6, 6.07) is 1.57. The van der Waals surface area contributed by atoms with Gasteiger partial charge in [0.1, 0.15) is 0 Å². The van der Waals surface area contributed by atoms with Gasteiger partial charge in [-0.2, -0.15) is 0 Å². The zero-order valence-electron chi connectivity index (χ0n) is 9.50. The van der Waals surface area contributed by atoms with E-state index in [1.165, 1.54) is 0 Å². The first-order valence-electron chi connectivity index (χ1n) is 5.03. The molecule has 0 fully saturated rings. The summed E-state index contributed by atoms with van der Waals surface area (Å²) in [5.74, 6) is -0.254. The highest BCUT2D eigenvalue weighted by Crippen LogP contribution is 2.24. The first-order chi connectivity index (χ1) is 6.88. The number of pyridine rings is 1. The molecule has 0 saturated heterocycles. The highest BCUT2D eigenvalue weighted by atomic mass is 19.1. The van der Waals surface area contributed by atoms with Gasteiger partial charge in [-0.3, -0.25) is 0 Å². The molecule has 0 unspecified atom stereocenters. The lowest BCUT2D eigenvalue weighted by atomic mass is 9.88. The van der Waals surface area contributed by atoms with E-state index in [1.807, 2.05) is 19.3 Å². The van der Waals surface area contributed by atoms with Crippen LogP contribution in [0, 0.1) is 12.7 Å². The Morgan fingerprint density at radius 2 is 1.93 bits per heavy atom. The van der Waals surface area contributed by atoms with Crippen molar-refractivity contribution in [2.75, 3.05) is 0 Å². The molecule has 15 heavy (non-hydrogen) atoms. The monoisotopic (exact) mass is 206 g/mol. The molecule has 0 spiro atoms. The lowest BCUT2D eigenvalue weighted by Crippen LogP contribution is -2.12. The number of aryl methyl sites for hydroxylation is 1. The fourth-order valence-corrected chi connectivity index (χ4v) is 1.59. The second-order valence-corrected chi connectivity index (χ2v) is 4.94. The molecule has 0 atom stereocenters. The molecule has 0 saturated carbocycles. The Kier molecular flexibility index (Phi) is 2.07. The van der Waals surface area contributed by atoms with Crippen LogP contribution in [0.2, 0.25) is 0 Å². The van der Waals surface area contributed by atoms with E-state index < -0.39 is 0 Å². The minimum absolute atomic E-state index is 0.0484. The fourth-order valence-electron chi connectivity index (χ4n) is 1.59. The third kappa shape index (κ3) is 1.74. The highest BCUT2D eigenvalue weighted by molar-refractivity contribution is 5.44. The maximum absolute atomic E-state index is 13.7. The Labute approximate surface area is 88.8 Å². The van der Waals surface area contributed by atoms with Gasteiger partial charge in [0.2, 0.25) is 0 Å². The third-order valence-corrected chi connectivity index (χ3v) is 2.49. The Balaban J connectivity index is 2.72. The van der Waals surface area contributed by atoms with Crippen molar-refractivity contribution in [2.45, 2.75) is 33.1 Å². The van der Waals surface area contributed by atoms with Gasteiger partial charge in [0, 0.05) is 12.4 Å². The number of fused-ring (bicyclic) bond motifs is 1. The molecular formula is C12H15FN2. The second-order valence-electron chi connectivity index (χ2n) is 4.94. The smallest absolute Gasteiger partial charge is 0.173 e. The van der Waals surface area contributed by atoms with Crippen molar-refractivity contribution in [1.29, 1.82) is 0 Å². The van der Waals surface area contributed by atoms with E-state index in [2.05, 4.69) is 25.8 Å². The Bertz CT molecular complexity index is 506. The van der Waals surface area contributed by atoms with Gasteiger partial charge in [-0.05, 0) is 24.0 Å². The van der Waals surface area contributed by atoms with Gasteiger partial charge >= 0.3 is 0 Å². The minimum atomic E-state index is -0.254. The summed E-state index contributed by atoms with van der Waals surface area (Å²) < 4.78 is 15.5. The van der Waals surface area contributed by atoms with Crippen molar-refractivity contribution in [3.8, 4) is 0 Å². The molecular weight excluding hydrogens is 191 g/mol. The lowest BCUT2D eigenvalue weighted by molar-refractivity contribution is 0.568. The molecule has 2 aromatic heterocycles. The van der Waals surface area contributed by atoms with Crippen LogP contribution in [0.1, 0.15) is 32.0 Å². The van der Waals surface area contributed by atoms with E-state index in [9.17, 15) is 4.39 Å². The topological polar surface area (TPSA) is 17.3 Å². The van der Waals surface area contributed by atoms with Crippen molar-refractivity contribution in [1.82, 2.24) is 9.38 Å². The summed E-state index contributed by atoms with van der Waals surface area (Å²) in [6.07, 6.45) is 3.78. The fraction of sp³-hybridized carbons (Fsp3) is 0.417. The summed E-state index contributed by atoms with van der Waals surface area (Å²) in [5.41, 5.74) is 2.16. The van der Waals surface area contributed by atoms with Crippen LogP contribution < -0.4 is 0 Å². The minimum Gasteiger partial charge on any atom is -0.304 e. The van der Waals surface area contributed by atoms with Gasteiger partial charge in [-0.1, -0.05) is 20.8 Å². The van der Waals surface area contributed by atoms with Crippen molar-refractivity contribution in [2.24, 2.45) is 0 Å². The molecule has 0 bridgehead atoms. The van der Waals surface area contributed by atoms with E-state index in [0.29, 0.717) is 5.65 Å². The van der Waals surface area contributed by atoms with E-state index in [-0.39, 0.29) is 11.2 Å². The standard InChI is InChI=1S/C12H15FN2/c1-8-6-15-7-9(12(2,3)4)5-10(13)11(15)14-8/h5-7H,1-4H3. The molecule has 2 rings (SSSR count). The molecule has 2 nitrogen and oxygen atoms in total. The van der Waals surface area contributed by atoms with Crippen molar-refractivity contribution >= 4 is 5.65 Å². The van der Waals surface area contributed by atoms with Crippen LogP contribution in [0.4, 0.5) is 4.39 Å². The predicted molar refractivity (Wildman–Crippen MR) is 58.6 cm³/mol. The molecule has 0 amide bonds. The van der Waals surface area contributed by atoms with E-state index >= 15 is 0 Å². The number of imidazole rings is 1. The Morgan fingerprint density at radius 1 is 1.27 bits per heavy atom. The lowest BCUT2D eigenvalue weighted by Gasteiger charge is -2.19. The van der Waals surface area contributed by atoms with Crippen LogP contribution in [0.25, 0.3) is 5.65 Å². The zero-order chi connectivity index (χ0) is 11.2. The summed E-state index contributed by atoms with van der Waals surface area (Å²) in [7, 11) is 0. The molecule has 80 valence electrons. The molecule has 0 aromatic carbocycles. The number of halogens is 1. The maximum Gasteiger partial charge on any atom is 0.173 e. The summed E-state index contributed by atoms with van der Waals surface area (Å²) in [5, 5.41) is 0. The van der Waals surface area contributed by atoms with Gasteiger partial charge in [-0.15, -0.1) is 0 Å². The van der Waals surface area contributed by atoms with Crippen LogP contribution in [-0.2, 0) is 5.41 Å². The quantitative estimate of drug-likeness (QED) is 0.647. The number of rotatable bonds is 0. The van der Waals surface area contributed by atoms with Gasteiger partial charge in [0.15, 0.2) is 11.5 Å². The molecule has 0 aliphatic heterocycles. The Morgan fingerprint density at radius 3 is 2.53 bits per heavy atom. The third-order valence-electron chi connectivity index (χ3n) is 2.49. The number of hydrogen-bond acceptors (Lipinski definition) is 1. The van der Waals surface area contributed by atoms with Crippen molar-refractivity contribution in [3.05, 3.63) is 35.5 Å². The number of aromatic nitrogens is 2. The van der Waals surface area contributed by atoms with Gasteiger partial charge in [0.25, 0.3) is 0 Å². The number of hydrogen-bond donors (Lipinski definition) is 0. The average molecular weight is 206 g/mol. The zero-order valence-corrected chi connectivity index (χ0v) is 9.50.